The Morgan fingerprint density at radius 3 is 2.09 bits per heavy atom. The number of nitrogens with one attached hydrogen (secondary N) is 1. The van der Waals surface area contributed by atoms with E-state index < -0.39 is 0 Å². The summed E-state index contributed by atoms with van der Waals surface area (Å²) in [6.07, 6.45) is 7.19. The molecule has 4 aromatic rings. The molecule has 0 amide bonds. The van der Waals surface area contributed by atoms with Gasteiger partial charge in [-0.25, -0.2) is 4.98 Å². The van der Waals surface area contributed by atoms with Crippen LogP contribution in [0.5, 0.6) is 0 Å². The summed E-state index contributed by atoms with van der Waals surface area (Å²) in [5, 5.41) is 1.25. The molecule has 5 rings (SSSR count). The highest BCUT2D eigenvalue weighted by atomic mass is 15.1. The summed E-state index contributed by atoms with van der Waals surface area (Å²) >= 11 is 0. The lowest BCUT2D eigenvalue weighted by Gasteiger charge is -2.11. The van der Waals surface area contributed by atoms with E-state index in [4.69, 9.17) is 5.73 Å². The number of rotatable bonds is 3. The van der Waals surface area contributed by atoms with Crippen LogP contribution in [0, 0.1) is 20.8 Å². The predicted octanol–water partition coefficient (Wildman–Crippen LogP) is 6.17. The number of anilines is 1. The number of aryl methyl sites for hydroxylation is 3. The van der Waals surface area contributed by atoms with Crippen LogP contribution in [0.3, 0.4) is 0 Å². The van der Waals surface area contributed by atoms with E-state index in [-0.39, 0.29) is 0 Å². The Balaban J connectivity index is 0.000000376. The van der Waals surface area contributed by atoms with Crippen molar-refractivity contribution in [2.24, 2.45) is 5.73 Å². The zero-order valence-corrected chi connectivity index (χ0v) is 20.4. The Hall–Kier alpha value is -3.18. The van der Waals surface area contributed by atoms with Crippen molar-refractivity contribution in [3.8, 4) is 22.4 Å². The van der Waals surface area contributed by atoms with E-state index in [0.29, 0.717) is 6.04 Å². The second-order valence-electron chi connectivity index (χ2n) is 9.37. The normalized spacial score (nSPS) is 13.8. The molecule has 0 spiro atoms. The van der Waals surface area contributed by atoms with Crippen molar-refractivity contribution < 1.29 is 0 Å². The molecule has 3 N–H and O–H groups in total. The molecule has 3 aromatic heterocycles. The number of aromatic amines is 1. The lowest BCUT2D eigenvalue weighted by atomic mass is 10.0. The molecule has 1 aliphatic rings. The van der Waals surface area contributed by atoms with Crippen LogP contribution in [0.4, 0.5) is 5.82 Å². The minimum Gasteiger partial charge on any atom is -0.363 e. The van der Waals surface area contributed by atoms with Gasteiger partial charge in [0.25, 0.3) is 0 Å². The van der Waals surface area contributed by atoms with E-state index in [1.54, 1.807) is 0 Å². The molecule has 0 bridgehead atoms. The van der Waals surface area contributed by atoms with E-state index in [2.05, 4.69) is 58.3 Å². The first-order valence-corrected chi connectivity index (χ1v) is 11.8. The number of nitrogens with zero attached hydrogens (tertiary/aromatic N) is 3. The lowest BCUT2D eigenvalue weighted by Crippen LogP contribution is -2.13. The van der Waals surface area contributed by atoms with Crippen LogP contribution in [0.2, 0.25) is 0 Å². The number of pyridine rings is 2. The molecule has 0 saturated heterocycles. The molecule has 172 valence electrons. The van der Waals surface area contributed by atoms with Crippen molar-refractivity contribution in [3.05, 3.63) is 65.6 Å². The highest BCUT2D eigenvalue weighted by molar-refractivity contribution is 5.93. The number of hydrogen-bond acceptors (Lipinski definition) is 4. The van der Waals surface area contributed by atoms with Gasteiger partial charge >= 0.3 is 0 Å². The monoisotopic (exact) mass is 441 g/mol. The predicted molar refractivity (Wildman–Crippen MR) is 140 cm³/mol. The first-order chi connectivity index (χ1) is 15.8. The van der Waals surface area contributed by atoms with Crippen LogP contribution in [-0.2, 0) is 0 Å². The van der Waals surface area contributed by atoms with Gasteiger partial charge in [-0.1, -0.05) is 25.0 Å². The molecule has 5 heteroatoms. The summed E-state index contributed by atoms with van der Waals surface area (Å²) in [6, 6.07) is 15.6. The maximum Gasteiger partial charge on any atom is 0.127 e. The minimum atomic E-state index is 0.546. The van der Waals surface area contributed by atoms with Crippen LogP contribution < -0.4 is 10.6 Å². The number of fused-ring (bicyclic) bond motifs is 1. The van der Waals surface area contributed by atoms with Gasteiger partial charge in [0.05, 0.1) is 0 Å². The molecule has 0 radical (unpaired) electrons. The third-order valence-corrected chi connectivity index (χ3v) is 6.37. The van der Waals surface area contributed by atoms with Gasteiger partial charge in [0.15, 0.2) is 0 Å². The summed E-state index contributed by atoms with van der Waals surface area (Å²) in [5.74, 6) is 0.959. The number of H-pyrrole nitrogens is 1. The Bertz CT molecular complexity index is 1210. The maximum atomic E-state index is 5.53. The van der Waals surface area contributed by atoms with Crippen LogP contribution in [0.1, 0.15) is 42.6 Å². The zero-order valence-electron chi connectivity index (χ0n) is 20.4. The SMILES string of the molecule is Cc1cc(-c2[nH]c3cc(-c4ccc(N(C)C)nc4)ccc3c2C)cc(C)n1.NC1CCCC1. The Labute approximate surface area is 197 Å². The van der Waals surface area contributed by atoms with Crippen molar-refractivity contribution in [2.45, 2.75) is 52.5 Å². The number of benzene rings is 1. The molecule has 1 saturated carbocycles. The van der Waals surface area contributed by atoms with Gasteiger partial charge in [0.1, 0.15) is 5.82 Å². The van der Waals surface area contributed by atoms with E-state index >= 15 is 0 Å². The van der Waals surface area contributed by atoms with Gasteiger partial charge in [-0.05, 0) is 75.1 Å². The summed E-state index contributed by atoms with van der Waals surface area (Å²) in [7, 11) is 4.00. The molecular formula is C28H35N5. The van der Waals surface area contributed by atoms with Gasteiger partial charge in [-0.15, -0.1) is 0 Å². The van der Waals surface area contributed by atoms with Crippen molar-refractivity contribution in [1.82, 2.24) is 15.0 Å². The molecular weight excluding hydrogens is 406 g/mol. The quantitative estimate of drug-likeness (QED) is 0.399. The second-order valence-corrected chi connectivity index (χ2v) is 9.37. The third kappa shape index (κ3) is 5.25. The number of nitrogens with two attached hydrogens (primary N) is 1. The first-order valence-electron chi connectivity index (χ1n) is 11.8. The Kier molecular flexibility index (Phi) is 6.80. The molecule has 0 atom stereocenters. The lowest BCUT2D eigenvalue weighted by molar-refractivity contribution is 0.704. The van der Waals surface area contributed by atoms with Crippen molar-refractivity contribution in [3.63, 3.8) is 0 Å². The Morgan fingerprint density at radius 1 is 0.879 bits per heavy atom. The molecule has 3 heterocycles. The van der Waals surface area contributed by atoms with Gasteiger partial charge < -0.3 is 15.6 Å². The summed E-state index contributed by atoms with van der Waals surface area (Å²) in [4.78, 5) is 14.6. The average Bonchev–Trinajstić information content (AvgIpc) is 3.40. The van der Waals surface area contributed by atoms with Gasteiger partial charge in [-0.3, -0.25) is 4.98 Å². The van der Waals surface area contributed by atoms with E-state index in [0.717, 1.165) is 39.5 Å². The van der Waals surface area contributed by atoms with Crippen molar-refractivity contribution >= 4 is 16.7 Å². The Morgan fingerprint density at radius 2 is 1.55 bits per heavy atom. The fraction of sp³-hybridized carbons (Fsp3) is 0.357. The van der Waals surface area contributed by atoms with Crippen LogP contribution in [0.15, 0.2) is 48.7 Å². The molecule has 1 aromatic carbocycles. The largest absolute Gasteiger partial charge is 0.363 e. The van der Waals surface area contributed by atoms with E-state index in [9.17, 15) is 0 Å². The highest BCUT2D eigenvalue weighted by Gasteiger charge is 2.12. The van der Waals surface area contributed by atoms with Crippen LogP contribution in [-0.4, -0.2) is 35.1 Å². The molecule has 0 aliphatic heterocycles. The fourth-order valence-corrected chi connectivity index (χ4v) is 4.56. The topological polar surface area (TPSA) is 70.8 Å². The summed E-state index contributed by atoms with van der Waals surface area (Å²) < 4.78 is 0. The second kappa shape index (κ2) is 9.75. The van der Waals surface area contributed by atoms with Gasteiger partial charge in [0.2, 0.25) is 0 Å². The molecule has 33 heavy (non-hydrogen) atoms. The molecule has 5 nitrogen and oxygen atoms in total. The van der Waals surface area contributed by atoms with E-state index in [1.165, 1.54) is 42.2 Å². The fourth-order valence-electron chi connectivity index (χ4n) is 4.56. The van der Waals surface area contributed by atoms with Crippen molar-refractivity contribution in [2.75, 3.05) is 19.0 Å². The smallest absolute Gasteiger partial charge is 0.127 e. The molecule has 0 unspecified atom stereocenters. The molecule has 1 fully saturated rings. The van der Waals surface area contributed by atoms with E-state index in [1.807, 2.05) is 45.1 Å². The van der Waals surface area contributed by atoms with Gasteiger partial charge in [-0.2, -0.15) is 0 Å². The maximum absolute atomic E-state index is 5.53. The summed E-state index contributed by atoms with van der Waals surface area (Å²) in [6.45, 7) is 6.25. The minimum absolute atomic E-state index is 0.546. The highest BCUT2D eigenvalue weighted by Crippen LogP contribution is 2.33. The first kappa shape index (κ1) is 23.0. The standard InChI is InChI=1S/C23H24N4.C5H11N/c1-14-10-19(11-15(2)25-14)23-16(3)20-8-6-17(12-21(20)26-23)18-7-9-22(24-13-18)27(4)5;6-5-3-1-2-4-5/h6-13,26H,1-5H3;5H,1-4,6H2. The summed E-state index contributed by atoms with van der Waals surface area (Å²) in [5.41, 5.74) is 14.6. The number of aromatic nitrogens is 3. The molecule has 1 aliphatic carbocycles. The third-order valence-electron chi connectivity index (χ3n) is 6.37. The van der Waals surface area contributed by atoms with Crippen molar-refractivity contribution in [1.29, 1.82) is 0 Å². The van der Waals surface area contributed by atoms with Crippen LogP contribution in [0.25, 0.3) is 33.3 Å². The number of hydrogen-bond donors (Lipinski definition) is 2. The van der Waals surface area contributed by atoms with Crippen LogP contribution >= 0.6 is 0 Å². The van der Waals surface area contributed by atoms with Gasteiger partial charge in [0, 0.05) is 65.4 Å². The average molecular weight is 442 g/mol. The zero-order chi connectivity index (χ0) is 23.5.